The summed E-state index contributed by atoms with van der Waals surface area (Å²) in [5, 5.41) is 0.953. The van der Waals surface area contributed by atoms with Crippen LogP contribution in [0.3, 0.4) is 0 Å². The first-order chi connectivity index (χ1) is 26.3. The van der Waals surface area contributed by atoms with E-state index in [0.29, 0.717) is 17.5 Å². The minimum absolute atomic E-state index is 0.628. The van der Waals surface area contributed by atoms with Gasteiger partial charge in [0.1, 0.15) is 5.01 Å². The molecule has 1 aliphatic heterocycles. The van der Waals surface area contributed by atoms with Crippen molar-refractivity contribution in [3.8, 4) is 44.7 Å². The zero-order valence-electron chi connectivity index (χ0n) is 28.4. The molecule has 0 saturated heterocycles. The van der Waals surface area contributed by atoms with Gasteiger partial charge in [0.05, 0.1) is 33.0 Å². The van der Waals surface area contributed by atoms with E-state index in [1.165, 1.54) is 0 Å². The number of fused-ring (bicyclic) bond motifs is 3. The second-order valence-corrected chi connectivity index (χ2v) is 13.8. The third-order valence-corrected chi connectivity index (χ3v) is 10.5. The van der Waals surface area contributed by atoms with Crippen molar-refractivity contribution in [1.82, 2.24) is 19.9 Å². The molecule has 0 bridgehead atoms. The van der Waals surface area contributed by atoms with Gasteiger partial charge in [-0.1, -0.05) is 133 Å². The number of hydrogen-bond donors (Lipinski definition) is 0. The Morgan fingerprint density at radius 1 is 0.340 bits per heavy atom. The van der Waals surface area contributed by atoms with Gasteiger partial charge in [0, 0.05) is 33.6 Å². The van der Waals surface area contributed by atoms with E-state index >= 15 is 0 Å². The summed E-state index contributed by atoms with van der Waals surface area (Å²) in [6.07, 6.45) is 0. The fourth-order valence-corrected chi connectivity index (χ4v) is 7.93. The second-order valence-electron chi connectivity index (χ2n) is 12.8. The SMILES string of the molecule is c1ccc(-c2nc(-c3ccccc3)nc(-c3ccc(-c4nc5cc6c(cc5s4)N(c4ccccc4)c4ccccc4N6c4ccccc4)cc3)n2)cc1. The maximum Gasteiger partial charge on any atom is 0.164 e. The summed E-state index contributed by atoms with van der Waals surface area (Å²) in [5.74, 6) is 1.91. The Morgan fingerprint density at radius 2 is 0.736 bits per heavy atom. The van der Waals surface area contributed by atoms with Crippen molar-refractivity contribution in [2.24, 2.45) is 0 Å². The van der Waals surface area contributed by atoms with Crippen LogP contribution in [0, 0.1) is 0 Å². The third kappa shape index (κ3) is 5.60. The fraction of sp³-hybridized carbons (Fsp3) is 0. The van der Waals surface area contributed by atoms with Crippen molar-refractivity contribution in [1.29, 1.82) is 0 Å². The van der Waals surface area contributed by atoms with Gasteiger partial charge in [0.2, 0.25) is 0 Å². The quantitative estimate of drug-likeness (QED) is 0.172. The van der Waals surface area contributed by atoms with Crippen molar-refractivity contribution in [3.63, 3.8) is 0 Å². The third-order valence-electron chi connectivity index (χ3n) is 9.45. The van der Waals surface area contributed by atoms with Crippen LogP contribution >= 0.6 is 11.3 Å². The summed E-state index contributed by atoms with van der Waals surface area (Å²) in [4.78, 5) is 24.6. The number of benzene rings is 7. The van der Waals surface area contributed by atoms with Gasteiger partial charge in [-0.05, 0) is 48.5 Å². The summed E-state index contributed by atoms with van der Waals surface area (Å²) in [5.41, 5.74) is 11.4. The van der Waals surface area contributed by atoms with E-state index in [1.54, 1.807) is 11.3 Å². The van der Waals surface area contributed by atoms with E-state index in [1.807, 2.05) is 60.7 Å². The number of anilines is 6. The summed E-state index contributed by atoms with van der Waals surface area (Å²) in [6.45, 7) is 0. The van der Waals surface area contributed by atoms with Crippen LogP contribution < -0.4 is 9.80 Å². The molecule has 9 aromatic rings. The maximum atomic E-state index is 5.22. The van der Waals surface area contributed by atoms with Gasteiger partial charge >= 0.3 is 0 Å². The molecule has 0 amide bonds. The minimum atomic E-state index is 0.628. The van der Waals surface area contributed by atoms with E-state index in [9.17, 15) is 0 Å². The van der Waals surface area contributed by atoms with E-state index in [4.69, 9.17) is 19.9 Å². The van der Waals surface area contributed by atoms with Crippen molar-refractivity contribution in [3.05, 3.63) is 182 Å². The van der Waals surface area contributed by atoms with Crippen LogP contribution in [0.15, 0.2) is 182 Å². The molecule has 0 fully saturated rings. The molecule has 0 spiro atoms. The Labute approximate surface area is 311 Å². The molecule has 0 saturated carbocycles. The molecule has 6 nitrogen and oxygen atoms in total. The van der Waals surface area contributed by atoms with Gasteiger partial charge in [-0.3, -0.25) is 0 Å². The molecule has 2 aromatic heterocycles. The van der Waals surface area contributed by atoms with Crippen LogP contribution in [0.4, 0.5) is 34.1 Å². The first-order valence-corrected chi connectivity index (χ1v) is 18.3. The van der Waals surface area contributed by atoms with E-state index in [-0.39, 0.29) is 0 Å². The van der Waals surface area contributed by atoms with Gasteiger partial charge < -0.3 is 9.80 Å². The molecule has 1 aliphatic rings. The molecular weight excluding hydrogens is 669 g/mol. The van der Waals surface area contributed by atoms with Crippen molar-refractivity contribution in [2.45, 2.75) is 0 Å². The monoisotopic (exact) mass is 698 g/mol. The zero-order chi connectivity index (χ0) is 35.1. The van der Waals surface area contributed by atoms with Crippen LogP contribution in [-0.2, 0) is 0 Å². The fourth-order valence-electron chi connectivity index (χ4n) is 6.95. The lowest BCUT2D eigenvalue weighted by Gasteiger charge is -2.40. The van der Waals surface area contributed by atoms with E-state index in [2.05, 4.69) is 131 Å². The highest BCUT2D eigenvalue weighted by atomic mass is 32.1. The normalized spacial score (nSPS) is 12.1. The topological polar surface area (TPSA) is 58.0 Å². The van der Waals surface area contributed by atoms with Crippen molar-refractivity contribution in [2.75, 3.05) is 9.80 Å². The zero-order valence-corrected chi connectivity index (χ0v) is 29.2. The van der Waals surface area contributed by atoms with Crippen LogP contribution in [0.2, 0.25) is 0 Å². The van der Waals surface area contributed by atoms with Crippen LogP contribution in [-0.4, -0.2) is 19.9 Å². The molecule has 10 rings (SSSR count). The average molecular weight is 699 g/mol. The summed E-state index contributed by atoms with van der Waals surface area (Å²) < 4.78 is 1.12. The number of nitrogens with zero attached hydrogens (tertiary/aromatic N) is 6. The summed E-state index contributed by atoms with van der Waals surface area (Å²) in [7, 11) is 0. The Kier molecular flexibility index (Phi) is 7.55. The molecule has 0 aliphatic carbocycles. The van der Waals surface area contributed by atoms with Gasteiger partial charge in [-0.2, -0.15) is 0 Å². The number of thiazole rings is 1. The van der Waals surface area contributed by atoms with E-state index in [0.717, 1.165) is 71.6 Å². The van der Waals surface area contributed by atoms with Gasteiger partial charge in [0.25, 0.3) is 0 Å². The highest BCUT2D eigenvalue weighted by Crippen LogP contribution is 2.55. The first-order valence-electron chi connectivity index (χ1n) is 17.5. The molecule has 0 atom stereocenters. The molecule has 0 N–H and O–H groups in total. The van der Waals surface area contributed by atoms with Gasteiger partial charge in [0.15, 0.2) is 17.5 Å². The molecule has 7 heteroatoms. The molecule has 250 valence electrons. The number of hydrogen-bond acceptors (Lipinski definition) is 7. The van der Waals surface area contributed by atoms with E-state index < -0.39 is 0 Å². The van der Waals surface area contributed by atoms with Gasteiger partial charge in [-0.15, -0.1) is 11.3 Å². The van der Waals surface area contributed by atoms with Crippen molar-refractivity contribution < 1.29 is 0 Å². The number of aromatic nitrogens is 4. The molecule has 7 aromatic carbocycles. The lowest BCUT2D eigenvalue weighted by Crippen LogP contribution is -2.23. The van der Waals surface area contributed by atoms with Crippen LogP contribution in [0.1, 0.15) is 0 Å². The predicted octanol–water partition coefficient (Wildman–Crippen LogP) is 12.4. The lowest BCUT2D eigenvalue weighted by molar-refractivity contribution is 1.07. The molecule has 0 radical (unpaired) electrons. The Balaban J connectivity index is 1.07. The summed E-state index contributed by atoms with van der Waals surface area (Å²) in [6, 6.07) is 62.8. The highest BCUT2D eigenvalue weighted by Gasteiger charge is 2.31. The smallest absolute Gasteiger partial charge is 0.164 e. The molecule has 0 unspecified atom stereocenters. The Morgan fingerprint density at radius 3 is 1.23 bits per heavy atom. The average Bonchev–Trinajstić information content (AvgIpc) is 3.66. The van der Waals surface area contributed by atoms with Crippen LogP contribution in [0.25, 0.3) is 55.0 Å². The standard InChI is InChI=1S/C46H30N6S/c1-5-15-31(16-6-1)43-48-44(32-17-7-2-8-18-32)50-45(49-43)33-25-27-34(28-26-33)46-47-37-29-40-41(30-42(37)53-46)52(36-21-11-4-12-22-36)39-24-14-13-23-38(39)51(40)35-19-9-3-10-20-35/h1-30H. The molecule has 53 heavy (non-hydrogen) atoms. The largest absolute Gasteiger partial charge is 0.306 e. The summed E-state index contributed by atoms with van der Waals surface area (Å²) >= 11 is 1.70. The minimum Gasteiger partial charge on any atom is -0.306 e. The van der Waals surface area contributed by atoms with Gasteiger partial charge in [-0.25, -0.2) is 19.9 Å². The molecular formula is C46H30N6S. The van der Waals surface area contributed by atoms with Crippen molar-refractivity contribution >= 4 is 55.7 Å². The maximum absolute atomic E-state index is 5.22. The van der Waals surface area contributed by atoms with Crippen LogP contribution in [0.5, 0.6) is 0 Å². The number of rotatable bonds is 6. The Bertz CT molecular complexity index is 2560. The predicted molar refractivity (Wildman–Crippen MR) is 218 cm³/mol. The number of para-hydroxylation sites is 4. The lowest BCUT2D eigenvalue weighted by atomic mass is 10.0. The Hall–Kier alpha value is -6.96. The first kappa shape index (κ1) is 30.8. The second kappa shape index (κ2) is 13.0. The highest BCUT2D eigenvalue weighted by molar-refractivity contribution is 7.21. The molecule has 3 heterocycles.